The van der Waals surface area contributed by atoms with Crippen molar-refractivity contribution >= 4 is 23.2 Å². The Morgan fingerprint density at radius 2 is 2.18 bits per heavy atom. The molecular formula is C13H15F3N2O3S. The van der Waals surface area contributed by atoms with Crippen molar-refractivity contribution in [1.29, 1.82) is 0 Å². The molecular weight excluding hydrogens is 321 g/mol. The van der Waals surface area contributed by atoms with Crippen LogP contribution in [-0.2, 0) is 22.3 Å². The summed E-state index contributed by atoms with van der Waals surface area (Å²) in [5, 5.41) is 11.8. The molecule has 122 valence electrons. The Labute approximate surface area is 128 Å². The zero-order chi connectivity index (χ0) is 16.7. The van der Waals surface area contributed by atoms with Crippen LogP contribution in [0, 0.1) is 17.3 Å². The van der Waals surface area contributed by atoms with Gasteiger partial charge >= 0.3 is 12.1 Å². The van der Waals surface area contributed by atoms with Gasteiger partial charge in [0.2, 0.25) is 5.91 Å². The molecule has 1 saturated carbocycles. The average Bonchev–Trinajstić information content (AvgIpc) is 2.99. The third kappa shape index (κ3) is 2.94. The first-order chi connectivity index (χ1) is 10.1. The first kappa shape index (κ1) is 16.7. The summed E-state index contributed by atoms with van der Waals surface area (Å²) >= 11 is 0.461. The van der Waals surface area contributed by atoms with Crippen molar-refractivity contribution in [3.63, 3.8) is 0 Å². The van der Waals surface area contributed by atoms with Gasteiger partial charge in [0.05, 0.1) is 23.6 Å². The highest BCUT2D eigenvalue weighted by Gasteiger charge is 2.65. The van der Waals surface area contributed by atoms with Crippen LogP contribution >= 0.6 is 11.3 Å². The summed E-state index contributed by atoms with van der Waals surface area (Å²) in [4.78, 5) is 26.7. The van der Waals surface area contributed by atoms with Gasteiger partial charge in [-0.25, -0.2) is 4.98 Å². The molecule has 0 saturated heterocycles. The molecule has 2 N–H and O–H groups in total. The molecule has 1 aliphatic rings. The van der Waals surface area contributed by atoms with Crippen LogP contribution in [-0.4, -0.2) is 22.0 Å². The standard InChI is InChI=1S/C13H15F3N2O3S/c1-6(2)12(3-8(12)9(19)20)10(21)17-4-7-5-22-11(18-7)13(14,15)16/h5-6,8H,3-4H2,1-2H3,(H,17,21)(H,19,20)/t8-,12+/m0/s1. The Balaban J connectivity index is 2.01. The van der Waals surface area contributed by atoms with Crippen LogP contribution in [0.15, 0.2) is 5.38 Å². The zero-order valence-electron chi connectivity index (χ0n) is 11.9. The second kappa shape index (κ2) is 5.53. The minimum absolute atomic E-state index is 0.108. The van der Waals surface area contributed by atoms with Gasteiger partial charge in [0, 0.05) is 5.38 Å². The summed E-state index contributed by atoms with van der Waals surface area (Å²) in [5.74, 6) is -2.39. The Morgan fingerprint density at radius 1 is 1.55 bits per heavy atom. The highest BCUT2D eigenvalue weighted by atomic mass is 32.1. The first-order valence-electron chi connectivity index (χ1n) is 6.61. The minimum Gasteiger partial charge on any atom is -0.481 e. The smallest absolute Gasteiger partial charge is 0.443 e. The molecule has 0 unspecified atom stereocenters. The molecule has 0 aromatic carbocycles. The quantitative estimate of drug-likeness (QED) is 0.866. The number of amides is 1. The van der Waals surface area contributed by atoms with Gasteiger partial charge in [-0.2, -0.15) is 13.2 Å². The van der Waals surface area contributed by atoms with Crippen molar-refractivity contribution in [2.75, 3.05) is 0 Å². The summed E-state index contributed by atoms with van der Waals surface area (Å²) in [5.41, 5.74) is -0.869. The van der Waals surface area contributed by atoms with Gasteiger partial charge in [0.15, 0.2) is 5.01 Å². The lowest BCUT2D eigenvalue weighted by Crippen LogP contribution is -2.37. The van der Waals surface area contributed by atoms with E-state index < -0.39 is 34.4 Å². The summed E-state index contributed by atoms with van der Waals surface area (Å²) in [6.07, 6.45) is -4.26. The molecule has 1 amide bonds. The second-order valence-electron chi connectivity index (χ2n) is 5.61. The van der Waals surface area contributed by atoms with Gasteiger partial charge in [0.25, 0.3) is 0 Å². The number of hydrogen-bond acceptors (Lipinski definition) is 4. The Bertz CT molecular complexity index is 600. The Morgan fingerprint density at radius 3 is 2.59 bits per heavy atom. The van der Waals surface area contributed by atoms with Crippen LogP contribution in [0.1, 0.15) is 31.0 Å². The van der Waals surface area contributed by atoms with Crippen LogP contribution in [0.4, 0.5) is 13.2 Å². The first-order valence-corrected chi connectivity index (χ1v) is 7.49. The van der Waals surface area contributed by atoms with Crippen molar-refractivity contribution < 1.29 is 27.9 Å². The van der Waals surface area contributed by atoms with Crippen LogP contribution < -0.4 is 5.32 Å². The fourth-order valence-electron chi connectivity index (χ4n) is 2.59. The number of rotatable bonds is 5. The molecule has 0 aliphatic heterocycles. The Kier molecular flexibility index (Phi) is 4.20. The van der Waals surface area contributed by atoms with Crippen molar-refractivity contribution in [3.05, 3.63) is 16.1 Å². The SMILES string of the molecule is CC(C)[C@]1(C(=O)NCc2csc(C(F)(F)F)n2)C[C@H]1C(=O)O. The molecule has 1 heterocycles. The maximum atomic E-state index is 12.4. The van der Waals surface area contributed by atoms with E-state index in [1.165, 1.54) is 5.38 Å². The van der Waals surface area contributed by atoms with Gasteiger partial charge in [-0.3, -0.25) is 9.59 Å². The molecule has 2 atom stereocenters. The number of hydrogen-bond donors (Lipinski definition) is 2. The number of carboxylic acid groups (broad SMARTS) is 1. The lowest BCUT2D eigenvalue weighted by Gasteiger charge is -2.19. The lowest BCUT2D eigenvalue weighted by atomic mass is 9.88. The number of carboxylic acids is 1. The van der Waals surface area contributed by atoms with Crippen LogP contribution in [0.3, 0.4) is 0 Å². The average molecular weight is 336 g/mol. The van der Waals surface area contributed by atoms with E-state index in [-0.39, 0.29) is 24.6 Å². The predicted molar refractivity (Wildman–Crippen MR) is 72.0 cm³/mol. The fraction of sp³-hybridized carbons (Fsp3) is 0.615. The third-order valence-corrected chi connectivity index (χ3v) is 4.91. The minimum atomic E-state index is -4.50. The summed E-state index contributed by atoms with van der Waals surface area (Å²) < 4.78 is 37.3. The molecule has 1 aliphatic carbocycles. The monoisotopic (exact) mass is 336 g/mol. The number of thiazole rings is 1. The second-order valence-corrected chi connectivity index (χ2v) is 6.47. The molecule has 2 rings (SSSR count). The predicted octanol–water partition coefficient (Wildman–Crippen LogP) is 2.53. The molecule has 1 aromatic heterocycles. The number of alkyl halides is 3. The molecule has 0 radical (unpaired) electrons. The van der Waals surface area contributed by atoms with E-state index in [0.29, 0.717) is 11.3 Å². The summed E-state index contributed by atoms with van der Waals surface area (Å²) in [6, 6.07) is 0. The Hall–Kier alpha value is -1.64. The van der Waals surface area contributed by atoms with E-state index in [4.69, 9.17) is 5.11 Å². The van der Waals surface area contributed by atoms with Crippen molar-refractivity contribution in [2.24, 2.45) is 17.3 Å². The normalized spacial score (nSPS) is 24.4. The van der Waals surface area contributed by atoms with E-state index in [9.17, 15) is 22.8 Å². The van der Waals surface area contributed by atoms with Crippen molar-refractivity contribution in [3.8, 4) is 0 Å². The van der Waals surface area contributed by atoms with Gasteiger partial charge in [-0.1, -0.05) is 13.8 Å². The van der Waals surface area contributed by atoms with E-state index >= 15 is 0 Å². The van der Waals surface area contributed by atoms with Crippen LogP contribution in [0.2, 0.25) is 0 Å². The molecule has 22 heavy (non-hydrogen) atoms. The highest BCUT2D eigenvalue weighted by molar-refractivity contribution is 7.09. The maximum absolute atomic E-state index is 12.4. The summed E-state index contributed by atoms with van der Waals surface area (Å²) in [7, 11) is 0. The van der Waals surface area contributed by atoms with Gasteiger partial charge in [-0.05, 0) is 12.3 Å². The van der Waals surface area contributed by atoms with E-state index in [1.54, 1.807) is 13.8 Å². The third-order valence-electron chi connectivity index (χ3n) is 3.98. The lowest BCUT2D eigenvalue weighted by molar-refractivity contribution is -0.142. The summed E-state index contributed by atoms with van der Waals surface area (Å²) in [6.45, 7) is 3.37. The largest absolute Gasteiger partial charge is 0.481 e. The maximum Gasteiger partial charge on any atom is 0.443 e. The number of nitrogens with zero attached hydrogens (tertiary/aromatic N) is 1. The van der Waals surface area contributed by atoms with Gasteiger partial charge in [-0.15, -0.1) is 11.3 Å². The van der Waals surface area contributed by atoms with E-state index in [1.807, 2.05) is 0 Å². The number of carbonyl (C=O) groups excluding carboxylic acids is 1. The highest BCUT2D eigenvalue weighted by Crippen LogP contribution is 2.58. The number of aliphatic carboxylic acids is 1. The fourth-order valence-corrected chi connectivity index (χ4v) is 3.28. The number of halogens is 3. The van der Waals surface area contributed by atoms with Crippen molar-refractivity contribution in [2.45, 2.75) is 33.0 Å². The number of carbonyl (C=O) groups is 2. The van der Waals surface area contributed by atoms with Crippen LogP contribution in [0.5, 0.6) is 0 Å². The molecule has 1 fully saturated rings. The topological polar surface area (TPSA) is 79.3 Å². The van der Waals surface area contributed by atoms with Gasteiger partial charge in [0.1, 0.15) is 0 Å². The van der Waals surface area contributed by atoms with E-state index in [2.05, 4.69) is 10.3 Å². The van der Waals surface area contributed by atoms with Gasteiger partial charge < -0.3 is 10.4 Å². The number of nitrogens with one attached hydrogen (secondary N) is 1. The zero-order valence-corrected chi connectivity index (χ0v) is 12.7. The number of aromatic nitrogens is 1. The molecule has 5 nitrogen and oxygen atoms in total. The molecule has 1 aromatic rings. The van der Waals surface area contributed by atoms with E-state index in [0.717, 1.165) is 0 Å². The molecule has 0 bridgehead atoms. The van der Waals surface area contributed by atoms with Crippen LogP contribution in [0.25, 0.3) is 0 Å². The molecule has 0 spiro atoms. The van der Waals surface area contributed by atoms with Crippen molar-refractivity contribution in [1.82, 2.24) is 10.3 Å². The molecule has 9 heteroatoms.